The molecule has 0 aliphatic carbocycles. The quantitative estimate of drug-likeness (QED) is 0.777. The summed E-state index contributed by atoms with van der Waals surface area (Å²) in [5.41, 5.74) is 1.27. The molecule has 0 aliphatic rings. The van der Waals surface area contributed by atoms with Crippen molar-refractivity contribution in [3.8, 4) is 5.75 Å². The van der Waals surface area contributed by atoms with Gasteiger partial charge in [0.05, 0.1) is 7.11 Å². The van der Waals surface area contributed by atoms with Crippen LogP contribution in [0.3, 0.4) is 0 Å². The van der Waals surface area contributed by atoms with Crippen molar-refractivity contribution in [3.63, 3.8) is 0 Å². The van der Waals surface area contributed by atoms with E-state index in [4.69, 9.17) is 9.84 Å². The molecule has 2 N–H and O–H groups in total. The van der Waals surface area contributed by atoms with Gasteiger partial charge in [0.15, 0.2) is 0 Å². The van der Waals surface area contributed by atoms with Crippen molar-refractivity contribution in [2.75, 3.05) is 13.7 Å². The second-order valence-corrected chi connectivity index (χ2v) is 4.37. The van der Waals surface area contributed by atoms with Crippen LogP contribution in [-0.4, -0.2) is 30.6 Å². The summed E-state index contributed by atoms with van der Waals surface area (Å²) in [7, 11) is 1.60. The second kappa shape index (κ2) is 7.33. The summed E-state index contributed by atoms with van der Waals surface area (Å²) in [4.78, 5) is 22.5. The van der Waals surface area contributed by atoms with Crippen LogP contribution in [0, 0.1) is 0 Å². The molecule has 108 valence electrons. The minimum Gasteiger partial charge on any atom is -0.496 e. The van der Waals surface area contributed by atoms with E-state index in [-0.39, 0.29) is 17.1 Å². The zero-order valence-electron chi connectivity index (χ0n) is 11.9. The Hall–Kier alpha value is -2.30. The van der Waals surface area contributed by atoms with Crippen LogP contribution in [0.1, 0.15) is 19.4 Å². The van der Waals surface area contributed by atoms with Gasteiger partial charge in [-0.2, -0.15) is 0 Å². The molecule has 0 bridgehead atoms. The van der Waals surface area contributed by atoms with Gasteiger partial charge in [0.1, 0.15) is 5.75 Å². The summed E-state index contributed by atoms with van der Waals surface area (Å²) in [5.74, 6) is -0.669. The van der Waals surface area contributed by atoms with Gasteiger partial charge in [-0.05, 0) is 31.9 Å². The Bertz CT molecular complexity index is 534. The van der Waals surface area contributed by atoms with Crippen molar-refractivity contribution < 1.29 is 19.4 Å². The molecule has 5 nitrogen and oxygen atoms in total. The summed E-state index contributed by atoms with van der Waals surface area (Å²) < 4.78 is 5.22. The van der Waals surface area contributed by atoms with Gasteiger partial charge in [-0.1, -0.05) is 18.2 Å². The lowest BCUT2D eigenvalue weighted by Gasteiger charge is -2.09. The molecular formula is C15H19NO4. The van der Waals surface area contributed by atoms with Crippen molar-refractivity contribution in [2.24, 2.45) is 0 Å². The molecule has 0 radical (unpaired) electrons. The first kappa shape index (κ1) is 15.8. The summed E-state index contributed by atoms with van der Waals surface area (Å²) in [5, 5.41) is 11.5. The van der Waals surface area contributed by atoms with Gasteiger partial charge in [-0.25, -0.2) is 4.79 Å². The summed E-state index contributed by atoms with van der Waals surface area (Å²) in [6.45, 7) is 3.34. The number of ether oxygens (including phenoxy) is 1. The largest absolute Gasteiger partial charge is 0.496 e. The van der Waals surface area contributed by atoms with Crippen LogP contribution in [0.2, 0.25) is 0 Å². The predicted molar refractivity (Wildman–Crippen MR) is 75.7 cm³/mol. The van der Waals surface area contributed by atoms with Crippen LogP contribution < -0.4 is 10.1 Å². The Balaban J connectivity index is 2.59. The van der Waals surface area contributed by atoms with E-state index < -0.39 is 5.97 Å². The van der Waals surface area contributed by atoms with E-state index in [9.17, 15) is 9.59 Å². The third-order valence-corrected chi connectivity index (χ3v) is 3.10. The van der Waals surface area contributed by atoms with Gasteiger partial charge in [0.25, 0.3) is 0 Å². The standard InChI is InChI=1S/C15H19NO4/c1-10(11(2)15(18)19)14(17)16-9-8-12-6-4-5-7-13(12)20-3/h4-7H,8-9H2,1-3H3,(H,16,17)(H,18,19)/b11-10-. The summed E-state index contributed by atoms with van der Waals surface area (Å²) in [6.07, 6.45) is 0.620. The molecule has 1 amide bonds. The van der Waals surface area contributed by atoms with Crippen LogP contribution in [0.25, 0.3) is 0 Å². The van der Waals surface area contributed by atoms with Gasteiger partial charge in [-0.15, -0.1) is 0 Å². The van der Waals surface area contributed by atoms with Crippen molar-refractivity contribution in [1.82, 2.24) is 5.32 Å². The number of carbonyl (C=O) groups is 2. The Labute approximate surface area is 118 Å². The number of amides is 1. The first-order valence-corrected chi connectivity index (χ1v) is 6.28. The minimum absolute atomic E-state index is 0.0554. The number of para-hydroxylation sites is 1. The molecule has 0 aliphatic heterocycles. The number of aliphatic carboxylic acids is 1. The Morgan fingerprint density at radius 3 is 2.45 bits per heavy atom. The number of methoxy groups -OCH3 is 1. The molecule has 0 heterocycles. The lowest BCUT2D eigenvalue weighted by molar-refractivity contribution is -0.133. The minimum atomic E-state index is -1.08. The molecule has 0 fully saturated rings. The fraction of sp³-hybridized carbons (Fsp3) is 0.333. The van der Waals surface area contributed by atoms with Crippen molar-refractivity contribution >= 4 is 11.9 Å². The van der Waals surface area contributed by atoms with Crippen LogP contribution in [0.4, 0.5) is 0 Å². The zero-order chi connectivity index (χ0) is 15.1. The van der Waals surface area contributed by atoms with Crippen molar-refractivity contribution in [1.29, 1.82) is 0 Å². The summed E-state index contributed by atoms with van der Waals surface area (Å²) in [6, 6.07) is 7.57. The fourth-order valence-electron chi connectivity index (χ4n) is 1.68. The number of carbonyl (C=O) groups excluding carboxylic acids is 1. The molecule has 0 atom stereocenters. The van der Waals surface area contributed by atoms with Gasteiger partial charge >= 0.3 is 5.97 Å². The van der Waals surface area contributed by atoms with Gasteiger partial charge in [0, 0.05) is 17.7 Å². The average Bonchev–Trinajstić information content (AvgIpc) is 2.45. The van der Waals surface area contributed by atoms with Crippen LogP contribution in [-0.2, 0) is 16.0 Å². The van der Waals surface area contributed by atoms with E-state index in [0.29, 0.717) is 13.0 Å². The normalized spacial score (nSPS) is 11.6. The highest BCUT2D eigenvalue weighted by atomic mass is 16.5. The van der Waals surface area contributed by atoms with E-state index in [1.807, 2.05) is 24.3 Å². The molecule has 0 saturated carbocycles. The number of benzene rings is 1. The monoisotopic (exact) mass is 277 g/mol. The van der Waals surface area contributed by atoms with Crippen molar-refractivity contribution in [2.45, 2.75) is 20.3 Å². The lowest BCUT2D eigenvalue weighted by Crippen LogP contribution is -2.27. The molecule has 1 aromatic rings. The SMILES string of the molecule is COc1ccccc1CCNC(=O)/C(C)=C(/C)C(=O)O. The molecule has 0 unspecified atom stereocenters. The smallest absolute Gasteiger partial charge is 0.331 e. The van der Waals surface area contributed by atoms with E-state index >= 15 is 0 Å². The molecule has 1 aromatic carbocycles. The number of rotatable bonds is 6. The Morgan fingerprint density at radius 1 is 1.20 bits per heavy atom. The van der Waals surface area contributed by atoms with Crippen LogP contribution >= 0.6 is 0 Å². The van der Waals surface area contributed by atoms with E-state index in [2.05, 4.69) is 5.32 Å². The highest BCUT2D eigenvalue weighted by molar-refractivity contribution is 6.01. The van der Waals surface area contributed by atoms with Crippen molar-refractivity contribution in [3.05, 3.63) is 41.0 Å². The van der Waals surface area contributed by atoms with Crippen LogP contribution in [0.15, 0.2) is 35.4 Å². The van der Waals surface area contributed by atoms with Gasteiger partial charge < -0.3 is 15.2 Å². The first-order valence-electron chi connectivity index (χ1n) is 6.28. The molecule has 0 spiro atoms. The van der Waals surface area contributed by atoms with Gasteiger partial charge in [-0.3, -0.25) is 4.79 Å². The molecular weight excluding hydrogens is 258 g/mol. The molecule has 0 aromatic heterocycles. The highest BCUT2D eigenvalue weighted by Crippen LogP contribution is 2.17. The molecule has 5 heteroatoms. The maximum Gasteiger partial charge on any atom is 0.331 e. The third-order valence-electron chi connectivity index (χ3n) is 3.10. The molecule has 20 heavy (non-hydrogen) atoms. The third kappa shape index (κ3) is 4.12. The number of hydrogen-bond donors (Lipinski definition) is 2. The van der Waals surface area contributed by atoms with Crippen LogP contribution in [0.5, 0.6) is 5.75 Å². The number of carboxylic acids is 1. The maximum absolute atomic E-state index is 11.8. The van der Waals surface area contributed by atoms with E-state index in [0.717, 1.165) is 11.3 Å². The topological polar surface area (TPSA) is 75.6 Å². The fourth-order valence-corrected chi connectivity index (χ4v) is 1.68. The Morgan fingerprint density at radius 2 is 1.85 bits per heavy atom. The number of hydrogen-bond acceptors (Lipinski definition) is 3. The highest BCUT2D eigenvalue weighted by Gasteiger charge is 2.12. The van der Waals surface area contributed by atoms with Gasteiger partial charge in [0.2, 0.25) is 5.91 Å². The Kier molecular flexibility index (Phi) is 5.77. The first-order chi connectivity index (χ1) is 9.47. The molecule has 1 rings (SSSR count). The lowest BCUT2D eigenvalue weighted by atomic mass is 10.1. The number of nitrogens with one attached hydrogen (secondary N) is 1. The number of carboxylic acid groups (broad SMARTS) is 1. The molecule has 0 saturated heterocycles. The predicted octanol–water partition coefficient (Wildman–Crippen LogP) is 1.77. The zero-order valence-corrected chi connectivity index (χ0v) is 11.9. The summed E-state index contributed by atoms with van der Waals surface area (Å²) >= 11 is 0. The van der Waals surface area contributed by atoms with E-state index in [1.165, 1.54) is 13.8 Å². The van der Waals surface area contributed by atoms with E-state index in [1.54, 1.807) is 7.11 Å². The maximum atomic E-state index is 11.8. The second-order valence-electron chi connectivity index (χ2n) is 4.37. The average molecular weight is 277 g/mol.